The minimum Gasteiger partial charge on any atom is -0.379 e. The molecule has 1 fully saturated rings. The molecule has 1 aliphatic rings. The van der Waals surface area contributed by atoms with Crippen molar-refractivity contribution in [1.29, 1.82) is 0 Å². The summed E-state index contributed by atoms with van der Waals surface area (Å²) in [5.74, 6) is 1.39. The number of para-hydroxylation sites is 1. The van der Waals surface area contributed by atoms with Gasteiger partial charge in [0.25, 0.3) is 0 Å². The minimum absolute atomic E-state index is 0.104. The average Bonchev–Trinajstić information content (AvgIpc) is 3.03. The lowest BCUT2D eigenvalue weighted by atomic mass is 10.2. The van der Waals surface area contributed by atoms with E-state index in [1.165, 1.54) is 4.88 Å². The van der Waals surface area contributed by atoms with Gasteiger partial charge in [0.2, 0.25) is 5.91 Å². The molecule has 30 heavy (non-hydrogen) atoms. The molecule has 3 aromatic rings. The molecule has 0 aliphatic carbocycles. The molecule has 2 N–H and O–H groups in total. The van der Waals surface area contributed by atoms with Gasteiger partial charge >= 0.3 is 0 Å². The largest absolute Gasteiger partial charge is 0.379 e. The second-order valence-electron chi connectivity index (χ2n) is 7.56. The van der Waals surface area contributed by atoms with E-state index in [9.17, 15) is 4.79 Å². The molecule has 1 unspecified atom stereocenters. The quantitative estimate of drug-likeness (QED) is 0.628. The Morgan fingerprint density at radius 2 is 1.93 bits per heavy atom. The summed E-state index contributed by atoms with van der Waals surface area (Å²) in [4.78, 5) is 26.8. The first-order chi connectivity index (χ1) is 14.5. The third-order valence-corrected chi connectivity index (χ3v) is 6.43. The first kappa shape index (κ1) is 20.7. The number of fused-ring (bicyclic) bond motifs is 1. The number of benzene rings is 1. The Labute approximate surface area is 180 Å². The summed E-state index contributed by atoms with van der Waals surface area (Å²) >= 11 is 1.67. The van der Waals surface area contributed by atoms with Crippen molar-refractivity contribution < 1.29 is 9.53 Å². The zero-order chi connectivity index (χ0) is 21.1. The highest BCUT2D eigenvalue weighted by Gasteiger charge is 2.20. The summed E-state index contributed by atoms with van der Waals surface area (Å²) in [5, 5.41) is 7.29. The second kappa shape index (κ2) is 9.07. The molecule has 2 aromatic heterocycles. The lowest BCUT2D eigenvalue weighted by molar-refractivity contribution is -0.116. The Balaban J connectivity index is 1.58. The number of nitrogens with one attached hydrogen (secondary N) is 2. The van der Waals surface area contributed by atoms with Gasteiger partial charge in [0.1, 0.15) is 22.5 Å². The van der Waals surface area contributed by atoms with Crippen LogP contribution in [0.3, 0.4) is 0 Å². The fourth-order valence-electron chi connectivity index (χ4n) is 3.47. The monoisotopic (exact) mass is 425 g/mol. The molecule has 1 atom stereocenters. The fourth-order valence-corrected chi connectivity index (χ4v) is 4.52. The highest BCUT2D eigenvalue weighted by Crippen LogP contribution is 2.33. The number of morpholine rings is 1. The molecule has 7 nitrogen and oxygen atoms in total. The van der Waals surface area contributed by atoms with Crippen molar-refractivity contribution in [1.82, 2.24) is 14.9 Å². The van der Waals surface area contributed by atoms with E-state index >= 15 is 0 Å². The molecule has 1 saturated heterocycles. The molecule has 4 rings (SSSR count). The van der Waals surface area contributed by atoms with Crippen LogP contribution in [-0.2, 0) is 16.1 Å². The number of carbonyl (C=O) groups is 1. The third kappa shape index (κ3) is 4.61. The van der Waals surface area contributed by atoms with Gasteiger partial charge in [0.05, 0.1) is 25.1 Å². The van der Waals surface area contributed by atoms with E-state index in [-0.39, 0.29) is 5.91 Å². The third-order valence-electron chi connectivity index (χ3n) is 5.33. The number of rotatable bonds is 6. The maximum absolute atomic E-state index is 12.7. The van der Waals surface area contributed by atoms with Gasteiger partial charge in [-0.25, -0.2) is 9.97 Å². The van der Waals surface area contributed by atoms with Crippen LogP contribution in [0.1, 0.15) is 23.2 Å². The van der Waals surface area contributed by atoms with Crippen LogP contribution in [-0.4, -0.2) is 53.1 Å². The minimum atomic E-state index is -0.445. The number of amides is 1. The number of anilines is 2. The molecule has 0 radical (unpaired) electrons. The highest BCUT2D eigenvalue weighted by molar-refractivity contribution is 7.18. The summed E-state index contributed by atoms with van der Waals surface area (Å²) in [6.07, 6.45) is 0. The summed E-state index contributed by atoms with van der Waals surface area (Å²) in [6, 6.07) is 9.03. The number of aryl methyl sites for hydroxylation is 2. The maximum atomic E-state index is 12.7. The summed E-state index contributed by atoms with van der Waals surface area (Å²) in [7, 11) is 0. The number of nitrogens with zero attached hydrogens (tertiary/aromatic N) is 3. The van der Waals surface area contributed by atoms with Crippen LogP contribution in [0.4, 0.5) is 11.5 Å². The first-order valence-corrected chi connectivity index (χ1v) is 11.0. The summed E-state index contributed by atoms with van der Waals surface area (Å²) in [6.45, 7) is 9.93. The topological polar surface area (TPSA) is 79.4 Å². The van der Waals surface area contributed by atoms with Crippen LogP contribution in [0.15, 0.2) is 30.3 Å². The smallest absolute Gasteiger partial charge is 0.246 e. The standard InChI is InChI=1S/C22H27N5O2S/c1-14-16(3)30-22-19(14)20(25-18(26-22)13-27-9-11-29-12-10-27)23-15(2)21(28)24-17-7-5-4-6-8-17/h4-8,15H,9-13H2,1-3H3,(H,24,28)(H,23,25,26). The molecule has 3 heterocycles. The van der Waals surface area contributed by atoms with Crippen molar-refractivity contribution in [2.75, 3.05) is 36.9 Å². The molecular weight excluding hydrogens is 398 g/mol. The van der Waals surface area contributed by atoms with E-state index in [1.54, 1.807) is 11.3 Å². The lowest BCUT2D eigenvalue weighted by Gasteiger charge is -2.26. The van der Waals surface area contributed by atoms with Crippen molar-refractivity contribution >= 4 is 39.0 Å². The van der Waals surface area contributed by atoms with Crippen LogP contribution in [0.2, 0.25) is 0 Å². The Morgan fingerprint density at radius 1 is 1.20 bits per heavy atom. The lowest BCUT2D eigenvalue weighted by Crippen LogP contribution is -2.36. The molecule has 1 aromatic carbocycles. The number of aromatic nitrogens is 2. The van der Waals surface area contributed by atoms with Gasteiger partial charge in [-0.05, 0) is 38.5 Å². The predicted molar refractivity (Wildman–Crippen MR) is 121 cm³/mol. The van der Waals surface area contributed by atoms with Crippen molar-refractivity contribution in [2.24, 2.45) is 0 Å². The maximum Gasteiger partial charge on any atom is 0.246 e. The zero-order valence-electron chi connectivity index (χ0n) is 17.6. The normalized spacial score (nSPS) is 15.8. The summed E-state index contributed by atoms with van der Waals surface area (Å²) < 4.78 is 5.44. The van der Waals surface area contributed by atoms with Crippen molar-refractivity contribution in [2.45, 2.75) is 33.4 Å². The molecule has 0 saturated carbocycles. The number of hydrogen-bond acceptors (Lipinski definition) is 7. The van der Waals surface area contributed by atoms with Crippen molar-refractivity contribution in [3.8, 4) is 0 Å². The second-order valence-corrected chi connectivity index (χ2v) is 8.76. The number of carbonyl (C=O) groups excluding carboxylic acids is 1. The Bertz CT molecular complexity index is 1030. The van der Waals surface area contributed by atoms with Crippen molar-refractivity contribution in [3.05, 3.63) is 46.6 Å². The van der Waals surface area contributed by atoms with Crippen LogP contribution >= 0.6 is 11.3 Å². The van der Waals surface area contributed by atoms with E-state index in [0.717, 1.165) is 59.4 Å². The van der Waals surface area contributed by atoms with Gasteiger partial charge in [-0.3, -0.25) is 9.69 Å². The van der Waals surface area contributed by atoms with Crippen LogP contribution in [0, 0.1) is 13.8 Å². The molecular formula is C22H27N5O2S. The zero-order valence-corrected chi connectivity index (χ0v) is 18.4. The van der Waals surface area contributed by atoms with Crippen LogP contribution < -0.4 is 10.6 Å². The van der Waals surface area contributed by atoms with Gasteiger partial charge in [-0.1, -0.05) is 18.2 Å². The molecule has 158 valence electrons. The molecule has 8 heteroatoms. The van der Waals surface area contributed by atoms with Crippen LogP contribution in [0.5, 0.6) is 0 Å². The Morgan fingerprint density at radius 3 is 2.67 bits per heavy atom. The fraction of sp³-hybridized carbons (Fsp3) is 0.409. The van der Waals surface area contributed by atoms with Gasteiger partial charge in [-0.15, -0.1) is 11.3 Å². The van der Waals surface area contributed by atoms with E-state index in [2.05, 4.69) is 29.4 Å². The molecule has 0 bridgehead atoms. The number of thiophene rings is 1. The predicted octanol–water partition coefficient (Wildman–Crippen LogP) is 3.58. The van der Waals surface area contributed by atoms with Gasteiger partial charge in [-0.2, -0.15) is 0 Å². The number of ether oxygens (including phenoxy) is 1. The van der Waals surface area contributed by atoms with Crippen LogP contribution in [0.25, 0.3) is 10.2 Å². The molecule has 1 aliphatic heterocycles. The SMILES string of the molecule is Cc1sc2nc(CN3CCOCC3)nc(NC(C)C(=O)Nc3ccccc3)c2c1C. The van der Waals surface area contributed by atoms with Gasteiger partial charge < -0.3 is 15.4 Å². The average molecular weight is 426 g/mol. The van der Waals surface area contributed by atoms with E-state index in [4.69, 9.17) is 14.7 Å². The molecule has 0 spiro atoms. The Hall–Kier alpha value is -2.55. The highest BCUT2D eigenvalue weighted by atomic mass is 32.1. The van der Waals surface area contributed by atoms with Crippen molar-refractivity contribution in [3.63, 3.8) is 0 Å². The Kier molecular flexibility index (Phi) is 6.26. The number of hydrogen-bond donors (Lipinski definition) is 2. The molecule has 1 amide bonds. The van der Waals surface area contributed by atoms with E-state index in [1.807, 2.05) is 37.3 Å². The summed E-state index contributed by atoms with van der Waals surface area (Å²) in [5.41, 5.74) is 1.94. The van der Waals surface area contributed by atoms with Gasteiger partial charge in [0.15, 0.2) is 0 Å². The van der Waals surface area contributed by atoms with Gasteiger partial charge in [0, 0.05) is 23.7 Å². The first-order valence-electron chi connectivity index (χ1n) is 10.2. The van der Waals surface area contributed by atoms with E-state index in [0.29, 0.717) is 6.54 Å². The van der Waals surface area contributed by atoms with E-state index < -0.39 is 6.04 Å².